The molecular weight excluding hydrogens is 308 g/mol. The van der Waals surface area contributed by atoms with Crippen LogP contribution in [0.1, 0.15) is 30.9 Å². The van der Waals surface area contributed by atoms with Crippen LogP contribution < -0.4 is 5.32 Å². The summed E-state index contributed by atoms with van der Waals surface area (Å²) >= 11 is 0. The molecule has 2 aliphatic rings. The monoisotopic (exact) mass is 332 g/mol. The molecule has 2 fully saturated rings. The van der Waals surface area contributed by atoms with Crippen LogP contribution in [0.25, 0.3) is 0 Å². The average molecular weight is 332 g/mol. The van der Waals surface area contributed by atoms with Gasteiger partial charge < -0.3 is 20.1 Å². The summed E-state index contributed by atoms with van der Waals surface area (Å²) in [5, 5.41) is 12.5. The van der Waals surface area contributed by atoms with Gasteiger partial charge in [-0.15, -0.1) is 0 Å². The second-order valence-corrected chi connectivity index (χ2v) is 6.82. The van der Waals surface area contributed by atoms with Crippen LogP contribution in [0.5, 0.6) is 0 Å². The standard InChI is InChI=1S/C18H24N2O4/c1-20-14(22)10-24-16(15(20)13-6-3-2-4-7-13)17(23)19-11-18(12-21)8-5-9-18/h2-4,6-7,15-16,21H,5,8-12H2,1H3,(H,19,23). The molecular formula is C18H24N2O4. The van der Waals surface area contributed by atoms with Crippen LogP contribution in [0.4, 0.5) is 0 Å². The van der Waals surface area contributed by atoms with E-state index in [1.807, 2.05) is 30.3 Å². The van der Waals surface area contributed by atoms with Crippen molar-refractivity contribution in [3.8, 4) is 0 Å². The topological polar surface area (TPSA) is 78.9 Å². The largest absolute Gasteiger partial charge is 0.396 e. The minimum absolute atomic E-state index is 0.0826. The number of nitrogens with one attached hydrogen (secondary N) is 1. The number of carbonyl (C=O) groups excluding carboxylic acids is 2. The maximum absolute atomic E-state index is 12.7. The van der Waals surface area contributed by atoms with Gasteiger partial charge in [0.25, 0.3) is 5.91 Å². The van der Waals surface area contributed by atoms with Gasteiger partial charge in [0.05, 0.1) is 12.6 Å². The number of aliphatic hydroxyl groups is 1. The van der Waals surface area contributed by atoms with E-state index >= 15 is 0 Å². The van der Waals surface area contributed by atoms with Gasteiger partial charge in [0.1, 0.15) is 6.61 Å². The summed E-state index contributed by atoms with van der Waals surface area (Å²) in [6.45, 7) is 0.434. The van der Waals surface area contributed by atoms with Gasteiger partial charge in [0, 0.05) is 19.0 Å². The summed E-state index contributed by atoms with van der Waals surface area (Å²) in [4.78, 5) is 26.3. The van der Waals surface area contributed by atoms with E-state index in [4.69, 9.17) is 4.74 Å². The van der Waals surface area contributed by atoms with E-state index in [1.54, 1.807) is 11.9 Å². The first kappa shape index (κ1) is 16.9. The molecule has 1 aliphatic carbocycles. The number of hydrogen-bond acceptors (Lipinski definition) is 4. The van der Waals surface area contributed by atoms with E-state index < -0.39 is 12.1 Å². The van der Waals surface area contributed by atoms with Gasteiger partial charge in [0.2, 0.25) is 5.91 Å². The highest BCUT2D eigenvalue weighted by Gasteiger charge is 2.42. The van der Waals surface area contributed by atoms with E-state index in [0.717, 1.165) is 24.8 Å². The molecule has 24 heavy (non-hydrogen) atoms. The number of amides is 2. The molecule has 6 heteroatoms. The third kappa shape index (κ3) is 3.16. The van der Waals surface area contributed by atoms with Crippen LogP contribution in [-0.2, 0) is 14.3 Å². The van der Waals surface area contributed by atoms with Gasteiger partial charge >= 0.3 is 0 Å². The fraction of sp³-hybridized carbons (Fsp3) is 0.556. The Labute approximate surface area is 141 Å². The van der Waals surface area contributed by atoms with Crippen LogP contribution in [0.3, 0.4) is 0 Å². The molecule has 1 heterocycles. The predicted octanol–water partition coefficient (Wildman–Crippen LogP) is 0.864. The van der Waals surface area contributed by atoms with Crippen molar-refractivity contribution in [1.29, 1.82) is 0 Å². The summed E-state index contributed by atoms with van der Waals surface area (Å²) < 4.78 is 5.57. The lowest BCUT2D eigenvalue weighted by atomic mass is 9.69. The number of benzene rings is 1. The van der Waals surface area contributed by atoms with Crippen molar-refractivity contribution < 1.29 is 19.4 Å². The van der Waals surface area contributed by atoms with Gasteiger partial charge in [-0.05, 0) is 18.4 Å². The summed E-state index contributed by atoms with van der Waals surface area (Å²) in [7, 11) is 1.70. The third-order valence-electron chi connectivity index (χ3n) is 5.27. The minimum atomic E-state index is -0.745. The summed E-state index contributed by atoms with van der Waals surface area (Å²) in [5.41, 5.74) is 0.683. The number of hydrogen-bond donors (Lipinski definition) is 2. The number of ether oxygens (including phenoxy) is 1. The lowest BCUT2D eigenvalue weighted by Gasteiger charge is -2.42. The van der Waals surface area contributed by atoms with E-state index in [9.17, 15) is 14.7 Å². The van der Waals surface area contributed by atoms with E-state index in [2.05, 4.69) is 5.32 Å². The zero-order valence-electron chi connectivity index (χ0n) is 13.9. The van der Waals surface area contributed by atoms with Gasteiger partial charge in [-0.25, -0.2) is 0 Å². The molecule has 2 unspecified atom stereocenters. The normalized spacial score (nSPS) is 25.9. The molecule has 0 radical (unpaired) electrons. The Morgan fingerprint density at radius 2 is 2.08 bits per heavy atom. The number of nitrogens with zero attached hydrogens (tertiary/aromatic N) is 1. The molecule has 0 aromatic heterocycles. The number of carbonyl (C=O) groups is 2. The molecule has 1 aromatic carbocycles. The highest BCUT2D eigenvalue weighted by Crippen LogP contribution is 2.39. The van der Waals surface area contributed by atoms with Crippen molar-refractivity contribution in [3.05, 3.63) is 35.9 Å². The van der Waals surface area contributed by atoms with Crippen LogP contribution in [0.2, 0.25) is 0 Å². The maximum Gasteiger partial charge on any atom is 0.251 e. The Bertz CT molecular complexity index is 595. The van der Waals surface area contributed by atoms with Crippen LogP contribution in [0.15, 0.2) is 30.3 Å². The Hall–Kier alpha value is -1.92. The molecule has 2 atom stereocenters. The van der Waals surface area contributed by atoms with Gasteiger partial charge in [0.15, 0.2) is 6.10 Å². The number of likely N-dealkylation sites (N-methyl/N-ethyl adjacent to an activating group) is 1. The van der Waals surface area contributed by atoms with Crippen molar-refractivity contribution in [2.24, 2.45) is 5.41 Å². The first-order valence-corrected chi connectivity index (χ1v) is 8.37. The van der Waals surface area contributed by atoms with E-state index in [0.29, 0.717) is 6.54 Å². The lowest BCUT2D eigenvalue weighted by molar-refractivity contribution is -0.162. The van der Waals surface area contributed by atoms with Gasteiger partial charge in [-0.3, -0.25) is 9.59 Å². The molecule has 1 aliphatic heterocycles. The third-order valence-corrected chi connectivity index (χ3v) is 5.27. The Balaban J connectivity index is 1.74. The molecule has 130 valence electrons. The van der Waals surface area contributed by atoms with Crippen LogP contribution in [0, 0.1) is 5.41 Å². The Kier molecular flexibility index (Phi) is 4.87. The molecule has 2 N–H and O–H groups in total. The molecule has 0 spiro atoms. The fourth-order valence-corrected chi connectivity index (χ4v) is 3.42. The zero-order chi connectivity index (χ0) is 17.2. The Morgan fingerprint density at radius 1 is 1.38 bits per heavy atom. The second kappa shape index (κ2) is 6.91. The summed E-state index contributed by atoms with van der Waals surface area (Å²) in [5.74, 6) is -0.373. The molecule has 1 saturated carbocycles. The second-order valence-electron chi connectivity index (χ2n) is 6.82. The van der Waals surface area contributed by atoms with E-state index in [1.165, 1.54) is 0 Å². The minimum Gasteiger partial charge on any atom is -0.396 e. The van der Waals surface area contributed by atoms with Gasteiger partial charge in [-0.2, -0.15) is 0 Å². The maximum atomic E-state index is 12.7. The SMILES string of the molecule is CN1C(=O)COC(C(=O)NCC2(CO)CCC2)C1c1ccccc1. The first-order valence-electron chi connectivity index (χ1n) is 8.37. The number of aliphatic hydroxyl groups excluding tert-OH is 1. The number of rotatable bonds is 5. The molecule has 0 bridgehead atoms. The Morgan fingerprint density at radius 3 is 2.67 bits per heavy atom. The molecule has 3 rings (SSSR count). The smallest absolute Gasteiger partial charge is 0.251 e. The van der Waals surface area contributed by atoms with Crippen molar-refractivity contribution in [1.82, 2.24) is 10.2 Å². The van der Waals surface area contributed by atoms with Crippen molar-refractivity contribution in [3.63, 3.8) is 0 Å². The predicted molar refractivity (Wildman–Crippen MR) is 88.1 cm³/mol. The first-order chi connectivity index (χ1) is 11.6. The molecule has 1 saturated heterocycles. The highest BCUT2D eigenvalue weighted by atomic mass is 16.5. The summed E-state index contributed by atoms with van der Waals surface area (Å²) in [6, 6.07) is 9.00. The molecule has 1 aromatic rings. The fourth-order valence-electron chi connectivity index (χ4n) is 3.42. The zero-order valence-corrected chi connectivity index (χ0v) is 13.9. The quantitative estimate of drug-likeness (QED) is 0.838. The van der Waals surface area contributed by atoms with Crippen molar-refractivity contribution in [2.75, 3.05) is 26.8 Å². The van der Waals surface area contributed by atoms with Crippen molar-refractivity contribution >= 4 is 11.8 Å². The van der Waals surface area contributed by atoms with E-state index in [-0.39, 0.29) is 30.4 Å². The van der Waals surface area contributed by atoms with Crippen molar-refractivity contribution in [2.45, 2.75) is 31.4 Å². The average Bonchev–Trinajstić information content (AvgIpc) is 2.57. The van der Waals surface area contributed by atoms with Crippen LogP contribution >= 0.6 is 0 Å². The lowest BCUT2D eigenvalue weighted by Crippen LogP contribution is -2.55. The van der Waals surface area contributed by atoms with Crippen LogP contribution in [-0.4, -0.2) is 54.7 Å². The molecule has 6 nitrogen and oxygen atoms in total. The summed E-state index contributed by atoms with van der Waals surface area (Å²) in [6.07, 6.45) is 2.19. The molecule has 2 amide bonds. The van der Waals surface area contributed by atoms with Gasteiger partial charge in [-0.1, -0.05) is 36.8 Å². The highest BCUT2D eigenvalue weighted by molar-refractivity contribution is 5.86. The number of morpholine rings is 1.